The fraction of sp³-hybridized carbons (Fsp3) is 0.231. The molecule has 1 aromatic carbocycles. The number of hydrogen-bond donors (Lipinski definition) is 0. The van der Waals surface area contributed by atoms with Crippen molar-refractivity contribution < 1.29 is 14.5 Å². The first-order valence-electron chi connectivity index (χ1n) is 5.52. The maximum Gasteiger partial charge on any atom is 0.349 e. The van der Waals surface area contributed by atoms with E-state index in [-0.39, 0.29) is 22.9 Å². The molecule has 0 bridgehead atoms. The fourth-order valence-electron chi connectivity index (χ4n) is 1.35. The number of nitriles is 1. The van der Waals surface area contributed by atoms with E-state index in [9.17, 15) is 14.9 Å². The van der Waals surface area contributed by atoms with Gasteiger partial charge in [0.15, 0.2) is 0 Å². The molecule has 98 valence electrons. The largest absolute Gasteiger partial charge is 0.459 e. The second-order valence-corrected chi connectivity index (χ2v) is 3.94. The van der Waals surface area contributed by atoms with Crippen LogP contribution in [0.3, 0.4) is 0 Å². The molecule has 0 aliphatic carbocycles. The average molecular weight is 260 g/mol. The van der Waals surface area contributed by atoms with Crippen molar-refractivity contribution in [2.24, 2.45) is 0 Å². The van der Waals surface area contributed by atoms with Gasteiger partial charge in [0.25, 0.3) is 5.69 Å². The van der Waals surface area contributed by atoms with E-state index < -0.39 is 10.9 Å². The number of benzene rings is 1. The van der Waals surface area contributed by atoms with Gasteiger partial charge in [0.1, 0.15) is 11.6 Å². The van der Waals surface area contributed by atoms with Crippen molar-refractivity contribution in [3.63, 3.8) is 0 Å². The van der Waals surface area contributed by atoms with Gasteiger partial charge >= 0.3 is 5.97 Å². The Labute approximate surface area is 110 Å². The van der Waals surface area contributed by atoms with Crippen LogP contribution in [-0.2, 0) is 9.53 Å². The molecule has 1 aromatic rings. The van der Waals surface area contributed by atoms with Gasteiger partial charge in [0.05, 0.1) is 16.6 Å². The molecule has 0 spiro atoms. The second-order valence-electron chi connectivity index (χ2n) is 3.94. The van der Waals surface area contributed by atoms with Crippen LogP contribution in [0.2, 0.25) is 0 Å². The molecule has 0 aliphatic heterocycles. The molecule has 0 saturated heterocycles. The molecule has 0 unspecified atom stereocenters. The smallest absolute Gasteiger partial charge is 0.349 e. The zero-order valence-corrected chi connectivity index (χ0v) is 10.5. The van der Waals surface area contributed by atoms with Gasteiger partial charge in [0, 0.05) is 6.07 Å². The summed E-state index contributed by atoms with van der Waals surface area (Å²) in [6.07, 6.45) is 0.790. The minimum atomic E-state index is -0.796. The van der Waals surface area contributed by atoms with Crippen LogP contribution in [-0.4, -0.2) is 17.0 Å². The third-order valence-corrected chi connectivity index (χ3v) is 2.12. The summed E-state index contributed by atoms with van der Waals surface area (Å²) < 4.78 is 4.88. The maximum absolute atomic E-state index is 11.6. The number of nitrogens with zero attached hydrogens (tertiary/aromatic N) is 2. The molecule has 0 aromatic heterocycles. The number of hydrogen-bond acceptors (Lipinski definition) is 5. The number of nitro benzene ring substituents is 1. The Morgan fingerprint density at radius 3 is 2.63 bits per heavy atom. The summed E-state index contributed by atoms with van der Waals surface area (Å²) >= 11 is 0. The summed E-state index contributed by atoms with van der Waals surface area (Å²) in [4.78, 5) is 21.8. The van der Waals surface area contributed by atoms with E-state index in [0.717, 1.165) is 6.08 Å². The standard InChI is InChI=1S/C13H12N2O4/c1-9(2)19-13(16)11(8-14)7-10-5-3-4-6-12(10)15(17)18/h3-7,9H,1-2H3/b11-7+. The van der Waals surface area contributed by atoms with Crippen LogP contribution in [0.25, 0.3) is 6.08 Å². The molecule has 0 fully saturated rings. The molecule has 1 rings (SSSR count). The average Bonchev–Trinajstić information content (AvgIpc) is 2.35. The highest BCUT2D eigenvalue weighted by Gasteiger charge is 2.16. The van der Waals surface area contributed by atoms with Crippen molar-refractivity contribution in [1.82, 2.24) is 0 Å². The van der Waals surface area contributed by atoms with E-state index >= 15 is 0 Å². The number of para-hydroxylation sites is 1. The second kappa shape index (κ2) is 6.31. The van der Waals surface area contributed by atoms with Crippen molar-refractivity contribution in [3.05, 3.63) is 45.5 Å². The number of rotatable bonds is 4. The third-order valence-electron chi connectivity index (χ3n) is 2.12. The van der Waals surface area contributed by atoms with Crippen molar-refractivity contribution >= 4 is 17.7 Å². The normalized spacial score (nSPS) is 10.9. The van der Waals surface area contributed by atoms with Crippen molar-refractivity contribution in [2.75, 3.05) is 0 Å². The predicted octanol–water partition coefficient (Wildman–Crippen LogP) is 2.45. The minimum absolute atomic E-state index is 0.174. The molecule has 6 nitrogen and oxygen atoms in total. The van der Waals surface area contributed by atoms with Gasteiger partial charge in [0.2, 0.25) is 0 Å². The van der Waals surface area contributed by atoms with Gasteiger partial charge in [-0.2, -0.15) is 5.26 Å². The highest BCUT2D eigenvalue weighted by Crippen LogP contribution is 2.20. The van der Waals surface area contributed by atoms with Gasteiger partial charge in [-0.05, 0) is 26.0 Å². The quantitative estimate of drug-likeness (QED) is 0.272. The van der Waals surface area contributed by atoms with E-state index in [0.29, 0.717) is 0 Å². The number of esters is 1. The summed E-state index contributed by atoms with van der Waals surface area (Å²) in [5.74, 6) is -0.796. The molecule has 0 aliphatic rings. The lowest BCUT2D eigenvalue weighted by atomic mass is 10.1. The summed E-state index contributed by atoms with van der Waals surface area (Å²) in [5.41, 5.74) is -0.264. The Hall–Kier alpha value is -2.68. The highest BCUT2D eigenvalue weighted by atomic mass is 16.6. The van der Waals surface area contributed by atoms with Crippen LogP contribution in [0.4, 0.5) is 5.69 Å². The van der Waals surface area contributed by atoms with Crippen molar-refractivity contribution in [3.8, 4) is 6.07 Å². The molecule has 19 heavy (non-hydrogen) atoms. The molecular weight excluding hydrogens is 248 g/mol. The molecule has 0 atom stereocenters. The lowest BCUT2D eigenvalue weighted by Gasteiger charge is -2.06. The third kappa shape index (κ3) is 3.92. The topological polar surface area (TPSA) is 93.2 Å². The first-order chi connectivity index (χ1) is 8.95. The molecule has 6 heteroatoms. The number of nitro groups is 1. The monoisotopic (exact) mass is 260 g/mol. The summed E-state index contributed by atoms with van der Waals surface area (Å²) in [6, 6.07) is 7.54. The van der Waals surface area contributed by atoms with Gasteiger partial charge in [-0.3, -0.25) is 10.1 Å². The van der Waals surface area contributed by atoms with Crippen LogP contribution in [0.1, 0.15) is 19.4 Å². The first-order valence-corrected chi connectivity index (χ1v) is 5.52. The van der Waals surface area contributed by atoms with Crippen molar-refractivity contribution in [2.45, 2.75) is 20.0 Å². The molecule has 0 radical (unpaired) electrons. The predicted molar refractivity (Wildman–Crippen MR) is 67.9 cm³/mol. The van der Waals surface area contributed by atoms with Crippen LogP contribution in [0.5, 0.6) is 0 Å². The Balaban J connectivity index is 3.16. The number of carbonyl (C=O) groups is 1. The highest BCUT2D eigenvalue weighted by molar-refractivity contribution is 5.98. The summed E-state index contributed by atoms with van der Waals surface area (Å²) in [5, 5.41) is 19.7. The maximum atomic E-state index is 11.6. The Morgan fingerprint density at radius 1 is 1.47 bits per heavy atom. The Morgan fingerprint density at radius 2 is 2.11 bits per heavy atom. The molecule has 0 saturated carbocycles. The van der Waals surface area contributed by atoms with E-state index in [2.05, 4.69) is 0 Å². The van der Waals surface area contributed by atoms with Gasteiger partial charge in [-0.25, -0.2) is 4.79 Å². The van der Waals surface area contributed by atoms with Crippen LogP contribution >= 0.6 is 0 Å². The fourth-order valence-corrected chi connectivity index (χ4v) is 1.35. The number of carbonyl (C=O) groups excluding carboxylic acids is 1. The minimum Gasteiger partial charge on any atom is -0.459 e. The zero-order valence-electron chi connectivity index (χ0n) is 10.5. The summed E-state index contributed by atoms with van der Waals surface area (Å²) in [6.45, 7) is 3.30. The van der Waals surface area contributed by atoms with Gasteiger partial charge < -0.3 is 4.74 Å². The lowest BCUT2D eigenvalue weighted by molar-refractivity contribution is -0.385. The van der Waals surface area contributed by atoms with E-state index in [1.54, 1.807) is 26.0 Å². The zero-order chi connectivity index (χ0) is 14.4. The molecule has 0 amide bonds. The van der Waals surface area contributed by atoms with E-state index in [1.165, 1.54) is 18.2 Å². The Kier molecular flexibility index (Phi) is 4.77. The van der Waals surface area contributed by atoms with E-state index in [4.69, 9.17) is 10.00 Å². The Bertz CT molecular complexity index is 570. The molecule has 0 heterocycles. The number of ether oxygens (including phenoxy) is 1. The van der Waals surface area contributed by atoms with Crippen LogP contribution in [0, 0.1) is 21.4 Å². The lowest BCUT2D eigenvalue weighted by Crippen LogP contribution is -2.12. The van der Waals surface area contributed by atoms with Gasteiger partial charge in [-0.1, -0.05) is 12.1 Å². The summed E-state index contributed by atoms with van der Waals surface area (Å²) in [7, 11) is 0. The van der Waals surface area contributed by atoms with E-state index in [1.807, 2.05) is 0 Å². The molecular formula is C13H12N2O4. The van der Waals surface area contributed by atoms with Crippen molar-refractivity contribution in [1.29, 1.82) is 5.26 Å². The first kappa shape index (κ1) is 14.4. The van der Waals surface area contributed by atoms with Crippen LogP contribution < -0.4 is 0 Å². The van der Waals surface area contributed by atoms with Gasteiger partial charge in [-0.15, -0.1) is 0 Å². The van der Waals surface area contributed by atoms with Crippen LogP contribution in [0.15, 0.2) is 29.8 Å². The molecule has 0 N–H and O–H groups in total. The SMILES string of the molecule is CC(C)OC(=O)/C(C#N)=C/c1ccccc1[N+](=O)[O-].